The fourth-order valence-electron chi connectivity index (χ4n) is 3.51. The fraction of sp³-hybridized carbons (Fsp3) is 0.643. The number of aromatic amines is 1. The summed E-state index contributed by atoms with van der Waals surface area (Å²) in [4.78, 5) is 12.6. The minimum absolute atomic E-state index is 0.343. The molecular formula is C14H21N5O2. The third kappa shape index (κ3) is 2.08. The number of hydrogen-bond acceptors (Lipinski definition) is 6. The van der Waals surface area contributed by atoms with Crippen molar-refractivity contribution < 1.29 is 9.47 Å². The quantitative estimate of drug-likeness (QED) is 0.806. The van der Waals surface area contributed by atoms with Crippen LogP contribution in [-0.4, -0.2) is 73.7 Å². The van der Waals surface area contributed by atoms with Crippen molar-refractivity contribution in [2.24, 2.45) is 4.99 Å². The standard InChI is InChI=1S/C14H21N5O2/c1-2-15-13-12(1)14(17-11-16-13,18-3-7-20-8-4-18)19-5-9-21-10-6-19/h1-2,11,15H,3-10H2,(H,16,17). The molecule has 7 heteroatoms. The van der Waals surface area contributed by atoms with Crippen LogP contribution >= 0.6 is 0 Å². The van der Waals surface area contributed by atoms with Gasteiger partial charge in [0.25, 0.3) is 0 Å². The Kier molecular flexibility index (Phi) is 3.42. The molecule has 1 aromatic rings. The molecule has 4 heterocycles. The average Bonchev–Trinajstić information content (AvgIpc) is 3.05. The Labute approximate surface area is 123 Å². The SMILES string of the molecule is C1=Nc2[nH]ccc2C(N2CCOCC2)(N2CCOCC2)N1. The van der Waals surface area contributed by atoms with Crippen molar-refractivity contribution in [2.75, 3.05) is 52.6 Å². The van der Waals surface area contributed by atoms with Gasteiger partial charge in [0.1, 0.15) is 5.82 Å². The molecule has 3 aliphatic heterocycles. The number of rotatable bonds is 2. The lowest BCUT2D eigenvalue weighted by atomic mass is 10.0. The van der Waals surface area contributed by atoms with Gasteiger partial charge < -0.3 is 19.8 Å². The number of nitrogens with one attached hydrogen (secondary N) is 2. The van der Waals surface area contributed by atoms with Gasteiger partial charge in [-0.1, -0.05) is 0 Å². The van der Waals surface area contributed by atoms with Crippen molar-refractivity contribution in [1.29, 1.82) is 0 Å². The second-order valence-electron chi connectivity index (χ2n) is 5.51. The lowest BCUT2D eigenvalue weighted by molar-refractivity contribution is -0.142. The summed E-state index contributed by atoms with van der Waals surface area (Å²) in [5.74, 6) is 0.594. The normalized spacial score (nSPS) is 26.3. The van der Waals surface area contributed by atoms with Gasteiger partial charge in [0.15, 0.2) is 5.79 Å². The monoisotopic (exact) mass is 291 g/mol. The van der Waals surface area contributed by atoms with Crippen LogP contribution in [0.1, 0.15) is 5.56 Å². The van der Waals surface area contributed by atoms with Gasteiger partial charge in [-0.15, -0.1) is 0 Å². The van der Waals surface area contributed by atoms with Crippen LogP contribution in [0.5, 0.6) is 0 Å². The molecule has 2 N–H and O–H groups in total. The third-order valence-electron chi connectivity index (χ3n) is 4.50. The van der Waals surface area contributed by atoms with Crippen LogP contribution in [-0.2, 0) is 15.3 Å². The Morgan fingerprint density at radius 3 is 2.24 bits per heavy atom. The minimum Gasteiger partial charge on any atom is -0.379 e. The van der Waals surface area contributed by atoms with Crippen LogP contribution in [0.25, 0.3) is 0 Å². The summed E-state index contributed by atoms with van der Waals surface area (Å²) in [5.41, 5.74) is 1.19. The first kappa shape index (κ1) is 13.3. The van der Waals surface area contributed by atoms with Gasteiger partial charge in [-0.25, -0.2) is 4.99 Å². The molecule has 0 amide bonds. The first-order chi connectivity index (χ1) is 10.4. The zero-order valence-electron chi connectivity index (χ0n) is 12.0. The summed E-state index contributed by atoms with van der Waals surface area (Å²) >= 11 is 0. The summed E-state index contributed by atoms with van der Waals surface area (Å²) in [6.07, 6.45) is 3.77. The molecule has 0 atom stereocenters. The van der Waals surface area contributed by atoms with Crippen LogP contribution in [0.2, 0.25) is 0 Å². The summed E-state index contributed by atoms with van der Waals surface area (Å²) in [5, 5.41) is 3.54. The molecule has 0 aliphatic carbocycles. The van der Waals surface area contributed by atoms with Gasteiger partial charge in [0.05, 0.1) is 38.3 Å². The van der Waals surface area contributed by atoms with Gasteiger partial charge in [-0.3, -0.25) is 9.80 Å². The third-order valence-corrected chi connectivity index (χ3v) is 4.50. The molecule has 0 unspecified atom stereocenters. The number of hydrogen-bond donors (Lipinski definition) is 2. The van der Waals surface area contributed by atoms with Crippen molar-refractivity contribution in [1.82, 2.24) is 20.1 Å². The highest BCUT2D eigenvalue weighted by atomic mass is 16.5. The van der Waals surface area contributed by atoms with Crippen LogP contribution in [0.15, 0.2) is 17.3 Å². The van der Waals surface area contributed by atoms with Gasteiger partial charge in [-0.2, -0.15) is 0 Å². The molecule has 0 saturated carbocycles. The summed E-state index contributed by atoms with van der Waals surface area (Å²) in [6.45, 7) is 6.70. The molecule has 21 heavy (non-hydrogen) atoms. The molecule has 2 fully saturated rings. The van der Waals surface area contributed by atoms with Crippen LogP contribution < -0.4 is 5.32 Å². The van der Waals surface area contributed by atoms with Crippen molar-refractivity contribution in [2.45, 2.75) is 5.79 Å². The number of H-pyrrole nitrogens is 1. The van der Waals surface area contributed by atoms with Gasteiger partial charge in [0.2, 0.25) is 0 Å². The Morgan fingerprint density at radius 2 is 1.62 bits per heavy atom. The van der Waals surface area contributed by atoms with E-state index < -0.39 is 0 Å². The fourth-order valence-corrected chi connectivity index (χ4v) is 3.51. The molecule has 4 rings (SSSR count). The number of morpholine rings is 2. The molecule has 0 bridgehead atoms. The maximum Gasteiger partial charge on any atom is 0.180 e. The minimum atomic E-state index is -0.343. The molecule has 114 valence electrons. The number of nitrogens with zero attached hydrogens (tertiary/aromatic N) is 3. The number of aromatic nitrogens is 1. The highest BCUT2D eigenvalue weighted by Crippen LogP contribution is 2.38. The van der Waals surface area contributed by atoms with E-state index in [1.54, 1.807) is 0 Å². The van der Waals surface area contributed by atoms with Crippen LogP contribution in [0.4, 0.5) is 5.82 Å². The molecule has 2 saturated heterocycles. The van der Waals surface area contributed by atoms with Gasteiger partial charge >= 0.3 is 0 Å². The second kappa shape index (κ2) is 5.42. The topological polar surface area (TPSA) is 65.1 Å². The number of aliphatic imine (C=N–C) groups is 1. The first-order valence-electron chi connectivity index (χ1n) is 7.55. The highest BCUT2D eigenvalue weighted by Gasteiger charge is 2.47. The smallest absolute Gasteiger partial charge is 0.180 e. The molecule has 3 aliphatic rings. The van der Waals surface area contributed by atoms with Crippen LogP contribution in [0, 0.1) is 0 Å². The van der Waals surface area contributed by atoms with Crippen molar-refractivity contribution in [3.63, 3.8) is 0 Å². The first-order valence-corrected chi connectivity index (χ1v) is 7.55. The summed E-state index contributed by atoms with van der Waals surface area (Å²) in [7, 11) is 0. The summed E-state index contributed by atoms with van der Waals surface area (Å²) < 4.78 is 11.1. The van der Waals surface area contributed by atoms with Crippen LogP contribution in [0.3, 0.4) is 0 Å². The number of fused-ring (bicyclic) bond motifs is 1. The Balaban J connectivity index is 1.76. The lowest BCUT2D eigenvalue weighted by Gasteiger charge is -2.53. The van der Waals surface area contributed by atoms with Crippen molar-refractivity contribution in [3.05, 3.63) is 17.8 Å². The molecule has 7 nitrogen and oxygen atoms in total. The van der Waals surface area contributed by atoms with E-state index in [0.717, 1.165) is 58.4 Å². The second-order valence-corrected chi connectivity index (χ2v) is 5.51. The van der Waals surface area contributed by atoms with Crippen molar-refractivity contribution in [3.8, 4) is 0 Å². The highest BCUT2D eigenvalue weighted by molar-refractivity contribution is 5.67. The van der Waals surface area contributed by atoms with E-state index in [-0.39, 0.29) is 5.79 Å². The van der Waals surface area contributed by atoms with E-state index in [1.807, 2.05) is 12.5 Å². The zero-order chi connectivity index (χ0) is 14.1. The van der Waals surface area contributed by atoms with Crippen molar-refractivity contribution >= 4 is 12.2 Å². The largest absolute Gasteiger partial charge is 0.379 e. The van der Waals surface area contributed by atoms with E-state index >= 15 is 0 Å². The number of ether oxygens (including phenoxy) is 2. The Hall–Kier alpha value is -1.41. The maximum absolute atomic E-state index is 5.54. The zero-order valence-corrected chi connectivity index (χ0v) is 12.0. The predicted molar refractivity (Wildman–Crippen MR) is 78.5 cm³/mol. The lowest BCUT2D eigenvalue weighted by Crippen LogP contribution is -2.70. The molecule has 0 spiro atoms. The summed E-state index contributed by atoms with van der Waals surface area (Å²) in [6, 6.07) is 2.13. The molecular weight excluding hydrogens is 270 g/mol. The molecule has 1 aromatic heterocycles. The molecule has 0 aromatic carbocycles. The van der Waals surface area contributed by atoms with Gasteiger partial charge in [0, 0.05) is 32.4 Å². The van der Waals surface area contributed by atoms with E-state index in [9.17, 15) is 0 Å². The van der Waals surface area contributed by atoms with E-state index in [1.165, 1.54) is 5.56 Å². The Bertz CT molecular complexity index is 499. The van der Waals surface area contributed by atoms with E-state index in [4.69, 9.17) is 9.47 Å². The van der Waals surface area contributed by atoms with E-state index in [2.05, 4.69) is 31.2 Å². The predicted octanol–water partition coefficient (Wildman–Crippen LogP) is 0.0524. The Morgan fingerprint density at radius 1 is 1.00 bits per heavy atom. The average molecular weight is 291 g/mol. The van der Waals surface area contributed by atoms with E-state index in [0.29, 0.717) is 0 Å². The molecule has 0 radical (unpaired) electrons. The van der Waals surface area contributed by atoms with Gasteiger partial charge in [-0.05, 0) is 6.07 Å². The maximum atomic E-state index is 5.54.